The highest BCUT2D eigenvalue weighted by atomic mass is 19.1. The lowest BCUT2D eigenvalue weighted by Crippen LogP contribution is -2.23. The maximum absolute atomic E-state index is 13.7. The average molecular weight is 448 g/mol. The van der Waals surface area contributed by atoms with Gasteiger partial charge in [-0.05, 0) is 70.2 Å². The molecule has 0 N–H and O–H groups in total. The molecule has 0 bridgehead atoms. The van der Waals surface area contributed by atoms with Gasteiger partial charge in [0.25, 0.3) is 0 Å². The minimum atomic E-state index is -0.326. The Morgan fingerprint density at radius 3 is 2.12 bits per heavy atom. The van der Waals surface area contributed by atoms with Gasteiger partial charge in [-0.2, -0.15) is 0 Å². The summed E-state index contributed by atoms with van der Waals surface area (Å²) in [5.41, 5.74) is 2.09. The summed E-state index contributed by atoms with van der Waals surface area (Å²) >= 11 is 0. The van der Waals surface area contributed by atoms with Gasteiger partial charge in [0.2, 0.25) is 0 Å². The lowest BCUT2D eigenvalue weighted by Gasteiger charge is -2.18. The number of fused-ring (bicyclic) bond motifs is 1. The van der Waals surface area contributed by atoms with E-state index in [0.29, 0.717) is 29.4 Å². The average Bonchev–Trinajstić information content (AvgIpc) is 3.03. The molecule has 3 rings (SSSR count). The fraction of sp³-hybridized carbons (Fsp3) is 0.360. The topological polar surface area (TPSA) is 57.5 Å². The van der Waals surface area contributed by atoms with Crippen molar-refractivity contribution in [2.45, 2.75) is 46.6 Å². The normalized spacial score (nSPS) is 10.4. The van der Waals surface area contributed by atoms with Crippen LogP contribution >= 0.6 is 0 Å². The molecule has 0 atom stereocenters. The molecule has 0 radical (unpaired) electrons. The van der Waals surface area contributed by atoms with Crippen LogP contribution in [-0.4, -0.2) is 29.5 Å². The molecule has 0 aliphatic heterocycles. The first-order valence-electron chi connectivity index (χ1n) is 10.1. The van der Waals surface area contributed by atoms with Crippen molar-refractivity contribution in [1.29, 1.82) is 0 Å². The molecule has 3 aromatic rings. The summed E-state index contributed by atoms with van der Waals surface area (Å²) in [6.45, 7) is 9.32. The number of esters is 1. The molecule has 2 aromatic carbocycles. The van der Waals surface area contributed by atoms with Gasteiger partial charge in [0, 0.05) is 30.1 Å². The lowest BCUT2D eigenvalue weighted by molar-refractivity contribution is -0.154. The molecule has 0 spiro atoms. The summed E-state index contributed by atoms with van der Waals surface area (Å²) in [4.78, 5) is 20.6. The fourth-order valence-corrected chi connectivity index (χ4v) is 2.60. The molecular weight excluding hydrogens is 416 g/mol. The second kappa shape index (κ2) is 12.0. The van der Waals surface area contributed by atoms with Gasteiger partial charge in [0.1, 0.15) is 17.7 Å². The van der Waals surface area contributed by atoms with Crippen molar-refractivity contribution in [2.24, 2.45) is 7.05 Å². The largest absolute Gasteiger partial charge is 0.494 e. The zero-order valence-electron chi connectivity index (χ0n) is 19.7. The summed E-state index contributed by atoms with van der Waals surface area (Å²) in [5, 5.41) is 0.615. The Morgan fingerprint density at radius 1 is 1.09 bits per heavy atom. The van der Waals surface area contributed by atoms with E-state index < -0.39 is 0 Å². The van der Waals surface area contributed by atoms with Crippen LogP contribution in [0.4, 0.5) is 8.78 Å². The van der Waals surface area contributed by atoms with Gasteiger partial charge in [-0.1, -0.05) is 6.92 Å². The van der Waals surface area contributed by atoms with E-state index in [9.17, 15) is 18.4 Å². The number of rotatable bonds is 3. The Labute approximate surface area is 187 Å². The molecule has 0 aliphatic rings. The molecule has 32 heavy (non-hydrogen) atoms. The predicted molar refractivity (Wildman–Crippen MR) is 122 cm³/mol. The van der Waals surface area contributed by atoms with Gasteiger partial charge in [-0.15, -0.1) is 0 Å². The number of methoxy groups -OCH3 is 1. The first-order valence-corrected chi connectivity index (χ1v) is 10.1. The summed E-state index contributed by atoms with van der Waals surface area (Å²) in [6, 6.07) is 10.7. The minimum absolute atomic E-state index is 0.137. The number of halogens is 2. The highest BCUT2D eigenvalue weighted by Crippen LogP contribution is 2.27. The predicted octanol–water partition coefficient (Wildman–Crippen LogP) is 6.01. The van der Waals surface area contributed by atoms with Crippen LogP contribution in [0.5, 0.6) is 5.75 Å². The molecule has 1 heterocycles. The van der Waals surface area contributed by atoms with Crippen molar-refractivity contribution in [1.82, 2.24) is 4.57 Å². The van der Waals surface area contributed by atoms with E-state index in [2.05, 4.69) is 0 Å². The number of aryl methyl sites for hydroxylation is 2. The van der Waals surface area contributed by atoms with Crippen molar-refractivity contribution in [3.63, 3.8) is 0 Å². The molecule has 0 saturated heterocycles. The Kier molecular flexibility index (Phi) is 10.0. The molecule has 0 aliphatic carbocycles. The standard InChI is InChI=1S/C11H12FNO.C7H5FO.C7H14O2/c1-7-6-8-9(13(7)2)4-5-10(14-3)11(8)12;8-7-3-1-6(5-9)2-4-7;1-5-6(8)9-7(2,3)4/h4-6H,1-3H3;1-5H;5H2,1-4H3. The Hall–Kier alpha value is -3.22. The fourth-order valence-electron chi connectivity index (χ4n) is 2.60. The summed E-state index contributed by atoms with van der Waals surface area (Å²) in [5.74, 6) is -0.445. The molecule has 0 unspecified atom stereocenters. The van der Waals surface area contributed by atoms with Gasteiger partial charge in [-0.3, -0.25) is 9.59 Å². The van der Waals surface area contributed by atoms with E-state index in [-0.39, 0.29) is 23.2 Å². The van der Waals surface area contributed by atoms with Gasteiger partial charge in [0.05, 0.1) is 12.6 Å². The molecule has 5 nitrogen and oxygen atoms in total. The van der Waals surface area contributed by atoms with Crippen LogP contribution in [0.2, 0.25) is 0 Å². The second-order valence-electron chi connectivity index (χ2n) is 7.97. The van der Waals surface area contributed by atoms with Gasteiger partial charge in [0.15, 0.2) is 11.6 Å². The number of carbonyl (C=O) groups excluding carboxylic acids is 2. The monoisotopic (exact) mass is 447 g/mol. The number of aromatic nitrogens is 1. The van der Waals surface area contributed by atoms with E-state index in [1.165, 1.54) is 31.4 Å². The van der Waals surface area contributed by atoms with E-state index in [1.54, 1.807) is 13.0 Å². The molecular formula is C25H31F2NO4. The zero-order valence-corrected chi connectivity index (χ0v) is 19.7. The molecule has 174 valence electrons. The van der Waals surface area contributed by atoms with E-state index >= 15 is 0 Å². The first kappa shape index (κ1) is 26.8. The van der Waals surface area contributed by atoms with Crippen LogP contribution in [0, 0.1) is 18.6 Å². The van der Waals surface area contributed by atoms with Gasteiger partial charge < -0.3 is 14.0 Å². The maximum atomic E-state index is 13.7. The second-order valence-corrected chi connectivity index (χ2v) is 7.97. The van der Waals surface area contributed by atoms with E-state index in [4.69, 9.17) is 9.47 Å². The van der Waals surface area contributed by atoms with Crippen molar-refractivity contribution >= 4 is 23.2 Å². The third-order valence-corrected chi connectivity index (χ3v) is 4.30. The van der Waals surface area contributed by atoms with Crippen LogP contribution in [0.15, 0.2) is 42.5 Å². The first-order chi connectivity index (χ1) is 14.9. The maximum Gasteiger partial charge on any atom is 0.306 e. The third kappa shape index (κ3) is 8.13. The summed E-state index contributed by atoms with van der Waals surface area (Å²) in [6.07, 6.45) is 1.14. The van der Waals surface area contributed by atoms with Crippen LogP contribution in [0.25, 0.3) is 10.9 Å². The smallest absolute Gasteiger partial charge is 0.306 e. The van der Waals surface area contributed by atoms with Gasteiger partial charge in [-0.25, -0.2) is 8.78 Å². The molecule has 7 heteroatoms. The summed E-state index contributed by atoms with van der Waals surface area (Å²) < 4.78 is 37.7. The number of hydrogen-bond donors (Lipinski definition) is 0. The van der Waals surface area contributed by atoms with Crippen LogP contribution in [0.3, 0.4) is 0 Å². The molecule has 1 aromatic heterocycles. The quantitative estimate of drug-likeness (QED) is 0.364. The van der Waals surface area contributed by atoms with Crippen molar-refractivity contribution < 1.29 is 27.8 Å². The van der Waals surface area contributed by atoms with Crippen molar-refractivity contribution in [3.05, 3.63) is 65.4 Å². The minimum Gasteiger partial charge on any atom is -0.494 e. The number of aldehydes is 1. The number of carbonyl (C=O) groups is 2. The Balaban J connectivity index is 0.000000252. The van der Waals surface area contributed by atoms with Crippen molar-refractivity contribution in [3.8, 4) is 5.75 Å². The number of ether oxygens (including phenoxy) is 2. The van der Waals surface area contributed by atoms with E-state index in [1.807, 2.05) is 51.4 Å². The molecule has 0 amide bonds. The van der Waals surface area contributed by atoms with Crippen molar-refractivity contribution in [2.75, 3.05) is 7.11 Å². The van der Waals surface area contributed by atoms with Crippen LogP contribution in [-0.2, 0) is 16.6 Å². The Morgan fingerprint density at radius 2 is 1.69 bits per heavy atom. The van der Waals surface area contributed by atoms with E-state index in [0.717, 1.165) is 11.2 Å². The Bertz CT molecular complexity index is 1030. The van der Waals surface area contributed by atoms with Crippen LogP contribution < -0.4 is 4.74 Å². The summed E-state index contributed by atoms with van der Waals surface area (Å²) in [7, 11) is 3.39. The molecule has 0 saturated carbocycles. The third-order valence-electron chi connectivity index (χ3n) is 4.30. The highest BCUT2D eigenvalue weighted by molar-refractivity contribution is 5.83. The van der Waals surface area contributed by atoms with Gasteiger partial charge >= 0.3 is 5.97 Å². The molecule has 0 fully saturated rings. The number of hydrogen-bond acceptors (Lipinski definition) is 4. The highest BCUT2D eigenvalue weighted by Gasteiger charge is 2.14. The number of benzene rings is 2. The van der Waals surface area contributed by atoms with Crippen LogP contribution in [0.1, 0.15) is 50.2 Å². The lowest BCUT2D eigenvalue weighted by atomic mass is 10.2. The SMILES string of the molecule is CCC(=O)OC(C)(C)C.COc1ccc2c(cc(C)n2C)c1F.O=Cc1ccc(F)cc1. The zero-order chi connectivity index (χ0) is 24.5. The number of nitrogens with zero attached hydrogens (tertiary/aromatic N) is 1.